The van der Waals surface area contributed by atoms with E-state index in [4.69, 9.17) is 11.6 Å². The smallest absolute Gasteiger partial charge is 0.260 e. The van der Waals surface area contributed by atoms with E-state index >= 15 is 0 Å². The van der Waals surface area contributed by atoms with E-state index in [1.54, 1.807) is 32.0 Å². The standard InChI is InChI=1S/C19H22ClN3O3S/c1-13-5-7-16(8-6-13)15(3)21-22-19(24)12-23(27(4,25)26)18-10-9-17(20)11-14(18)2/h5-11H,12H2,1-4H3,(H,22,24)/b21-15-. The topological polar surface area (TPSA) is 78.8 Å². The Hall–Kier alpha value is -2.38. The van der Waals surface area contributed by atoms with E-state index in [-0.39, 0.29) is 6.54 Å². The molecule has 0 spiro atoms. The van der Waals surface area contributed by atoms with Gasteiger partial charge in [-0.25, -0.2) is 13.8 Å². The molecule has 0 saturated carbocycles. The van der Waals surface area contributed by atoms with Crippen molar-refractivity contribution in [2.75, 3.05) is 17.1 Å². The number of sulfonamides is 1. The summed E-state index contributed by atoms with van der Waals surface area (Å²) in [6, 6.07) is 12.5. The van der Waals surface area contributed by atoms with Gasteiger partial charge >= 0.3 is 0 Å². The number of hydrogen-bond acceptors (Lipinski definition) is 4. The number of anilines is 1. The minimum absolute atomic E-state index is 0.383. The predicted molar refractivity (Wildman–Crippen MR) is 110 cm³/mol. The third kappa shape index (κ3) is 5.80. The van der Waals surface area contributed by atoms with E-state index in [0.29, 0.717) is 22.0 Å². The molecular formula is C19H22ClN3O3S. The highest BCUT2D eigenvalue weighted by Crippen LogP contribution is 2.25. The van der Waals surface area contributed by atoms with Crippen LogP contribution in [0, 0.1) is 13.8 Å². The number of nitrogens with one attached hydrogen (secondary N) is 1. The second kappa shape index (κ2) is 8.54. The molecule has 0 aliphatic rings. The first-order valence-corrected chi connectivity index (χ1v) is 10.4. The number of hydrogen-bond donors (Lipinski definition) is 1. The molecule has 144 valence electrons. The van der Waals surface area contributed by atoms with Gasteiger partial charge in [-0.3, -0.25) is 9.10 Å². The number of aryl methyl sites for hydroxylation is 2. The van der Waals surface area contributed by atoms with Crippen LogP contribution in [0.1, 0.15) is 23.6 Å². The number of rotatable bonds is 6. The summed E-state index contributed by atoms with van der Waals surface area (Å²) in [6.45, 7) is 5.10. The van der Waals surface area contributed by atoms with Crippen LogP contribution in [-0.2, 0) is 14.8 Å². The summed E-state index contributed by atoms with van der Waals surface area (Å²) in [4.78, 5) is 12.3. The first kappa shape index (κ1) is 20.9. The minimum atomic E-state index is -3.66. The van der Waals surface area contributed by atoms with Gasteiger partial charge in [-0.1, -0.05) is 41.4 Å². The highest BCUT2D eigenvalue weighted by molar-refractivity contribution is 7.92. The van der Waals surface area contributed by atoms with E-state index in [1.165, 1.54) is 0 Å². The Bertz CT molecular complexity index is 970. The highest BCUT2D eigenvalue weighted by atomic mass is 35.5. The van der Waals surface area contributed by atoms with Gasteiger partial charge in [0.2, 0.25) is 10.0 Å². The molecular weight excluding hydrogens is 386 g/mol. The normalized spacial score (nSPS) is 12.0. The van der Waals surface area contributed by atoms with Crippen molar-refractivity contribution in [3.63, 3.8) is 0 Å². The van der Waals surface area contributed by atoms with E-state index in [1.807, 2.05) is 31.2 Å². The van der Waals surface area contributed by atoms with Crippen molar-refractivity contribution in [1.82, 2.24) is 5.43 Å². The van der Waals surface area contributed by atoms with Crippen molar-refractivity contribution in [3.05, 3.63) is 64.2 Å². The van der Waals surface area contributed by atoms with Gasteiger partial charge < -0.3 is 0 Å². The molecule has 8 heteroatoms. The van der Waals surface area contributed by atoms with Gasteiger partial charge in [-0.15, -0.1) is 0 Å². The lowest BCUT2D eigenvalue weighted by atomic mass is 10.1. The zero-order valence-corrected chi connectivity index (χ0v) is 17.2. The Morgan fingerprint density at radius 1 is 1.15 bits per heavy atom. The Morgan fingerprint density at radius 2 is 1.78 bits per heavy atom. The van der Waals surface area contributed by atoms with Gasteiger partial charge in [0.25, 0.3) is 5.91 Å². The Labute approximate surface area is 164 Å². The minimum Gasteiger partial charge on any atom is -0.271 e. The van der Waals surface area contributed by atoms with Crippen molar-refractivity contribution in [1.29, 1.82) is 0 Å². The van der Waals surface area contributed by atoms with Gasteiger partial charge in [0.15, 0.2) is 0 Å². The van der Waals surface area contributed by atoms with Gasteiger partial charge in [-0.2, -0.15) is 5.10 Å². The average Bonchev–Trinajstić information content (AvgIpc) is 2.58. The van der Waals surface area contributed by atoms with Crippen LogP contribution in [0.5, 0.6) is 0 Å². The molecule has 0 saturated heterocycles. The molecule has 2 aromatic carbocycles. The monoisotopic (exact) mass is 407 g/mol. The Morgan fingerprint density at radius 3 is 2.33 bits per heavy atom. The average molecular weight is 408 g/mol. The van der Waals surface area contributed by atoms with Crippen LogP contribution in [0.2, 0.25) is 5.02 Å². The SMILES string of the molecule is C/C(=N/NC(=O)CN(c1ccc(Cl)cc1C)S(C)(=O)=O)c1ccc(C)cc1. The first-order valence-electron chi connectivity index (χ1n) is 8.22. The van der Waals surface area contributed by atoms with Crippen LogP contribution >= 0.6 is 11.6 Å². The lowest BCUT2D eigenvalue weighted by Crippen LogP contribution is -2.39. The summed E-state index contributed by atoms with van der Waals surface area (Å²) >= 11 is 5.93. The fourth-order valence-electron chi connectivity index (χ4n) is 2.45. The number of benzene rings is 2. The third-order valence-corrected chi connectivity index (χ3v) is 5.29. The summed E-state index contributed by atoms with van der Waals surface area (Å²) in [6.07, 6.45) is 1.05. The van der Waals surface area contributed by atoms with Gasteiger partial charge in [0, 0.05) is 5.02 Å². The van der Waals surface area contributed by atoms with Gasteiger partial charge in [-0.05, 0) is 50.1 Å². The molecule has 0 unspecified atom stereocenters. The molecule has 0 aromatic heterocycles. The zero-order valence-electron chi connectivity index (χ0n) is 15.7. The second-order valence-electron chi connectivity index (χ2n) is 6.30. The third-order valence-electron chi connectivity index (χ3n) is 3.93. The first-order chi connectivity index (χ1) is 12.6. The summed E-state index contributed by atoms with van der Waals surface area (Å²) in [7, 11) is -3.66. The van der Waals surface area contributed by atoms with E-state index < -0.39 is 15.9 Å². The van der Waals surface area contributed by atoms with E-state index in [2.05, 4.69) is 10.5 Å². The summed E-state index contributed by atoms with van der Waals surface area (Å²) in [5, 5.41) is 4.56. The van der Waals surface area contributed by atoms with Crippen molar-refractivity contribution in [3.8, 4) is 0 Å². The van der Waals surface area contributed by atoms with Gasteiger partial charge in [0.1, 0.15) is 6.54 Å². The number of carbonyl (C=O) groups excluding carboxylic acids is 1. The van der Waals surface area contributed by atoms with Crippen LogP contribution in [0.15, 0.2) is 47.6 Å². The highest BCUT2D eigenvalue weighted by Gasteiger charge is 2.22. The van der Waals surface area contributed by atoms with E-state index in [0.717, 1.165) is 21.7 Å². The molecule has 0 bridgehead atoms. The maximum absolute atomic E-state index is 12.3. The summed E-state index contributed by atoms with van der Waals surface area (Å²) < 4.78 is 25.4. The molecule has 0 heterocycles. The predicted octanol–water partition coefficient (Wildman–Crippen LogP) is 3.26. The largest absolute Gasteiger partial charge is 0.271 e. The molecule has 1 amide bonds. The molecule has 0 radical (unpaired) electrons. The lowest BCUT2D eigenvalue weighted by molar-refractivity contribution is -0.119. The molecule has 27 heavy (non-hydrogen) atoms. The summed E-state index contributed by atoms with van der Waals surface area (Å²) in [5.74, 6) is -0.541. The number of carbonyl (C=O) groups is 1. The van der Waals surface area contributed by atoms with Crippen molar-refractivity contribution < 1.29 is 13.2 Å². The van der Waals surface area contributed by atoms with Crippen LogP contribution in [0.25, 0.3) is 0 Å². The molecule has 2 rings (SSSR count). The van der Waals surface area contributed by atoms with Crippen molar-refractivity contribution in [2.24, 2.45) is 5.10 Å². The molecule has 0 aliphatic heterocycles. The fourth-order valence-corrected chi connectivity index (χ4v) is 3.59. The van der Waals surface area contributed by atoms with Crippen LogP contribution in [0.3, 0.4) is 0 Å². The Kier molecular flexibility index (Phi) is 6.62. The molecule has 0 atom stereocenters. The quantitative estimate of drug-likeness (QED) is 0.589. The Balaban J connectivity index is 2.17. The molecule has 0 fully saturated rings. The zero-order chi connectivity index (χ0) is 20.2. The molecule has 0 aliphatic carbocycles. The van der Waals surface area contributed by atoms with Crippen LogP contribution in [0.4, 0.5) is 5.69 Å². The number of nitrogens with zero attached hydrogens (tertiary/aromatic N) is 2. The maximum Gasteiger partial charge on any atom is 0.260 e. The van der Waals surface area contributed by atoms with Crippen LogP contribution in [-0.4, -0.2) is 32.8 Å². The van der Waals surface area contributed by atoms with E-state index in [9.17, 15) is 13.2 Å². The van der Waals surface area contributed by atoms with Crippen LogP contribution < -0.4 is 9.73 Å². The fraction of sp³-hybridized carbons (Fsp3) is 0.263. The van der Waals surface area contributed by atoms with Crippen molar-refractivity contribution >= 4 is 38.9 Å². The van der Waals surface area contributed by atoms with Gasteiger partial charge in [0.05, 0.1) is 17.7 Å². The lowest BCUT2D eigenvalue weighted by Gasteiger charge is -2.23. The number of halogens is 1. The second-order valence-corrected chi connectivity index (χ2v) is 8.64. The number of amides is 1. The molecule has 1 N–H and O–H groups in total. The number of hydrazone groups is 1. The molecule has 2 aromatic rings. The molecule has 6 nitrogen and oxygen atoms in total. The summed E-state index contributed by atoms with van der Waals surface area (Å²) in [5.41, 5.74) is 6.08. The van der Waals surface area contributed by atoms with Crippen molar-refractivity contribution in [2.45, 2.75) is 20.8 Å². The maximum atomic E-state index is 12.3.